The molecule has 0 aliphatic rings. The monoisotopic (exact) mass is 824 g/mol. The number of rotatable bonds is 7. The fourth-order valence-corrected chi connectivity index (χ4v) is 10.9. The van der Waals surface area contributed by atoms with Gasteiger partial charge in [-0.15, -0.1) is 22.7 Å². The van der Waals surface area contributed by atoms with Crippen LogP contribution < -0.4 is 0 Å². The molecule has 0 bridgehead atoms. The highest BCUT2D eigenvalue weighted by atomic mass is 32.1. The molecule has 0 saturated heterocycles. The smallest absolute Gasteiger partial charge is 0.160 e. The number of fused-ring (bicyclic) bond motifs is 6. The van der Waals surface area contributed by atoms with Gasteiger partial charge in [-0.3, -0.25) is 0 Å². The molecule has 0 aliphatic carbocycles. The van der Waals surface area contributed by atoms with Crippen molar-refractivity contribution in [3.63, 3.8) is 0 Å². The molecule has 0 saturated carbocycles. The molecular weight excluding hydrogens is 789 g/mol. The lowest BCUT2D eigenvalue weighted by Crippen LogP contribution is -1.97. The molecule has 2 nitrogen and oxygen atoms in total. The van der Waals surface area contributed by atoms with Crippen LogP contribution in [0, 0.1) is 0 Å². The Bertz CT molecular complexity index is 3370. The van der Waals surface area contributed by atoms with Gasteiger partial charge in [0.2, 0.25) is 0 Å². The van der Waals surface area contributed by atoms with Crippen LogP contribution in [0.2, 0.25) is 0 Å². The average molecular weight is 825 g/mol. The van der Waals surface area contributed by atoms with Crippen LogP contribution in [0.15, 0.2) is 218 Å². The maximum atomic E-state index is 5.39. The molecule has 0 fully saturated rings. The molecule has 0 amide bonds. The van der Waals surface area contributed by atoms with Crippen LogP contribution in [0.1, 0.15) is 0 Å². The number of thiophene rings is 2. The second-order valence-corrected chi connectivity index (χ2v) is 17.9. The van der Waals surface area contributed by atoms with Gasteiger partial charge in [0.05, 0.1) is 11.4 Å². The fraction of sp³-hybridized carbons (Fsp3) is 0. The van der Waals surface area contributed by atoms with Gasteiger partial charge >= 0.3 is 0 Å². The molecule has 12 aromatic rings. The van der Waals surface area contributed by atoms with E-state index in [-0.39, 0.29) is 0 Å². The summed E-state index contributed by atoms with van der Waals surface area (Å²) in [5.41, 5.74) is 14.1. The molecule has 0 aliphatic heterocycles. The van der Waals surface area contributed by atoms with Crippen molar-refractivity contribution in [1.29, 1.82) is 0 Å². The van der Waals surface area contributed by atoms with Gasteiger partial charge in [0, 0.05) is 57.0 Å². The molecule has 12 rings (SSSR count). The summed E-state index contributed by atoms with van der Waals surface area (Å²) in [6, 6.07) is 78.8. The normalized spacial score (nSPS) is 11.5. The standard InChI is InChI=1S/C58H36N2S2/c1-3-11-37(12-4-1)39-19-23-41(24-20-39)52-36-53(60-58(59-52)42-25-21-40(22-26-42)38-13-5-2-6-14-38)47-32-45(43-27-29-56-50(34-43)48-15-7-9-17-54(48)61-56)31-46(33-47)44-28-30-57-51(35-44)49-16-8-10-18-55(49)62-57/h1-36H. The van der Waals surface area contributed by atoms with E-state index in [1.807, 2.05) is 22.7 Å². The highest BCUT2D eigenvalue weighted by Crippen LogP contribution is 2.41. The molecule has 0 spiro atoms. The third-order valence-corrected chi connectivity index (χ3v) is 14.2. The third kappa shape index (κ3) is 6.67. The summed E-state index contributed by atoms with van der Waals surface area (Å²) in [4.78, 5) is 10.7. The highest BCUT2D eigenvalue weighted by Gasteiger charge is 2.16. The van der Waals surface area contributed by atoms with Crippen LogP contribution in [0.5, 0.6) is 0 Å². The molecule has 3 aromatic heterocycles. The van der Waals surface area contributed by atoms with E-state index < -0.39 is 0 Å². The first-order chi connectivity index (χ1) is 30.7. The van der Waals surface area contributed by atoms with E-state index >= 15 is 0 Å². The van der Waals surface area contributed by atoms with Gasteiger partial charge in [-0.2, -0.15) is 0 Å². The molecule has 3 heterocycles. The van der Waals surface area contributed by atoms with Crippen molar-refractivity contribution < 1.29 is 0 Å². The Hall–Kier alpha value is -7.50. The minimum Gasteiger partial charge on any atom is -0.228 e. The lowest BCUT2D eigenvalue weighted by Gasteiger charge is -2.14. The molecule has 0 N–H and O–H groups in total. The van der Waals surface area contributed by atoms with E-state index in [1.54, 1.807) is 0 Å². The number of nitrogens with zero attached hydrogens (tertiary/aromatic N) is 2. The zero-order valence-electron chi connectivity index (χ0n) is 33.5. The average Bonchev–Trinajstić information content (AvgIpc) is 3.92. The Morgan fingerprint density at radius 3 is 1.11 bits per heavy atom. The van der Waals surface area contributed by atoms with Crippen molar-refractivity contribution in [3.8, 4) is 78.4 Å². The van der Waals surface area contributed by atoms with Crippen LogP contribution in [-0.4, -0.2) is 9.97 Å². The Labute approximate surface area is 367 Å². The first-order valence-corrected chi connectivity index (χ1v) is 22.5. The van der Waals surface area contributed by atoms with E-state index in [9.17, 15) is 0 Å². The Kier molecular flexibility index (Phi) is 8.91. The van der Waals surface area contributed by atoms with Gasteiger partial charge in [-0.25, -0.2) is 9.97 Å². The van der Waals surface area contributed by atoms with Crippen LogP contribution in [0.25, 0.3) is 119 Å². The number of hydrogen-bond donors (Lipinski definition) is 0. The summed E-state index contributed by atoms with van der Waals surface area (Å²) >= 11 is 3.70. The molecule has 62 heavy (non-hydrogen) atoms. The van der Waals surface area contributed by atoms with E-state index in [0.29, 0.717) is 5.82 Å². The summed E-state index contributed by atoms with van der Waals surface area (Å²) in [6.45, 7) is 0. The molecule has 0 unspecified atom stereocenters. The first-order valence-electron chi connectivity index (χ1n) is 20.9. The minimum absolute atomic E-state index is 0.688. The second-order valence-electron chi connectivity index (χ2n) is 15.8. The summed E-state index contributed by atoms with van der Waals surface area (Å²) in [7, 11) is 0. The largest absolute Gasteiger partial charge is 0.228 e. The maximum absolute atomic E-state index is 5.39. The van der Waals surface area contributed by atoms with Crippen molar-refractivity contribution in [3.05, 3.63) is 218 Å². The van der Waals surface area contributed by atoms with Gasteiger partial charge in [0.15, 0.2) is 5.82 Å². The van der Waals surface area contributed by atoms with Crippen molar-refractivity contribution in [2.24, 2.45) is 0 Å². The fourth-order valence-electron chi connectivity index (χ4n) is 8.70. The Balaban J connectivity index is 1.05. The van der Waals surface area contributed by atoms with Gasteiger partial charge < -0.3 is 0 Å². The molecule has 4 heteroatoms. The SMILES string of the molecule is c1ccc(-c2ccc(-c3cc(-c4cc(-c5ccc6sc7ccccc7c6c5)cc(-c5ccc6sc7ccccc7c6c5)c4)nc(-c4ccc(-c5ccccc5)cc4)n3)cc2)cc1. The zero-order chi connectivity index (χ0) is 41.0. The van der Waals surface area contributed by atoms with Crippen LogP contribution in [0.3, 0.4) is 0 Å². The molecule has 9 aromatic carbocycles. The minimum atomic E-state index is 0.688. The summed E-state index contributed by atoms with van der Waals surface area (Å²) in [6.07, 6.45) is 0. The number of aromatic nitrogens is 2. The van der Waals surface area contributed by atoms with Crippen molar-refractivity contribution in [1.82, 2.24) is 9.97 Å². The van der Waals surface area contributed by atoms with E-state index in [1.165, 1.54) is 68.2 Å². The predicted octanol–water partition coefficient (Wildman–Crippen LogP) is 16.9. The van der Waals surface area contributed by atoms with Gasteiger partial charge in [-0.1, -0.05) is 158 Å². The number of hydrogen-bond acceptors (Lipinski definition) is 4. The van der Waals surface area contributed by atoms with E-state index in [2.05, 4.69) is 218 Å². The zero-order valence-corrected chi connectivity index (χ0v) is 35.1. The first kappa shape index (κ1) is 36.4. The van der Waals surface area contributed by atoms with Gasteiger partial charge in [0.1, 0.15) is 0 Å². The summed E-state index contributed by atoms with van der Waals surface area (Å²) in [5.74, 6) is 0.688. The summed E-state index contributed by atoms with van der Waals surface area (Å²) < 4.78 is 5.20. The van der Waals surface area contributed by atoms with Crippen molar-refractivity contribution >= 4 is 63.0 Å². The second kappa shape index (κ2) is 15.2. The molecular formula is C58H36N2S2. The molecule has 290 valence electrons. The highest BCUT2D eigenvalue weighted by molar-refractivity contribution is 7.26. The maximum Gasteiger partial charge on any atom is 0.160 e. The van der Waals surface area contributed by atoms with E-state index in [0.717, 1.165) is 44.8 Å². The Morgan fingerprint density at radius 2 is 0.597 bits per heavy atom. The lowest BCUT2D eigenvalue weighted by molar-refractivity contribution is 1.18. The predicted molar refractivity (Wildman–Crippen MR) is 266 cm³/mol. The van der Waals surface area contributed by atoms with Crippen LogP contribution in [-0.2, 0) is 0 Å². The summed E-state index contributed by atoms with van der Waals surface area (Å²) in [5, 5.41) is 5.15. The topological polar surface area (TPSA) is 25.8 Å². The van der Waals surface area contributed by atoms with Crippen molar-refractivity contribution in [2.75, 3.05) is 0 Å². The van der Waals surface area contributed by atoms with Crippen molar-refractivity contribution in [2.45, 2.75) is 0 Å². The molecule has 0 radical (unpaired) electrons. The lowest BCUT2D eigenvalue weighted by atomic mass is 9.93. The number of benzene rings is 9. The van der Waals surface area contributed by atoms with Gasteiger partial charge in [0.25, 0.3) is 0 Å². The third-order valence-electron chi connectivity index (χ3n) is 11.9. The quantitative estimate of drug-likeness (QED) is 0.160. The van der Waals surface area contributed by atoms with E-state index in [4.69, 9.17) is 9.97 Å². The van der Waals surface area contributed by atoms with Crippen LogP contribution >= 0.6 is 22.7 Å². The van der Waals surface area contributed by atoms with Gasteiger partial charge in [-0.05, 0) is 105 Å². The molecule has 0 atom stereocenters. The Morgan fingerprint density at radius 1 is 0.226 bits per heavy atom. The van der Waals surface area contributed by atoms with Crippen LogP contribution in [0.4, 0.5) is 0 Å².